The standard InChI is InChI=1S/C30H38N4O5/c1-20(2)23-16-24(27(37)17-26(23)36)30-29(25(19-35)32-39-30)22-9-7-21(8-10-22)18-33-12-14-34(15-13-33)28(38)6-4-3-5-11-31/h7-10,16-17,19-20,36-37H,3-6,11-15,18,31H2,1-2H3. The molecular weight excluding hydrogens is 496 g/mol. The van der Waals surface area contributed by atoms with Crippen molar-refractivity contribution in [3.05, 3.63) is 53.2 Å². The number of aromatic hydroxyl groups is 2. The van der Waals surface area contributed by atoms with Crippen molar-refractivity contribution in [2.45, 2.75) is 52.0 Å². The molecule has 9 nitrogen and oxygen atoms in total. The van der Waals surface area contributed by atoms with Crippen LogP contribution in [0.2, 0.25) is 0 Å². The number of nitrogens with two attached hydrogens (primary N) is 1. The zero-order valence-electron chi connectivity index (χ0n) is 22.7. The van der Waals surface area contributed by atoms with E-state index in [1.807, 2.05) is 43.0 Å². The van der Waals surface area contributed by atoms with E-state index in [0.29, 0.717) is 35.9 Å². The number of amides is 1. The Morgan fingerprint density at radius 3 is 2.41 bits per heavy atom. The molecule has 208 valence electrons. The number of piperazine rings is 1. The Morgan fingerprint density at radius 2 is 1.77 bits per heavy atom. The summed E-state index contributed by atoms with van der Waals surface area (Å²) in [5, 5.41) is 24.7. The molecule has 0 saturated carbocycles. The molecule has 1 aliphatic rings. The Labute approximate surface area is 229 Å². The van der Waals surface area contributed by atoms with Crippen LogP contribution in [0, 0.1) is 0 Å². The first-order valence-corrected chi connectivity index (χ1v) is 13.6. The summed E-state index contributed by atoms with van der Waals surface area (Å²) in [5.74, 6) is 0.359. The van der Waals surface area contributed by atoms with Gasteiger partial charge in [-0.3, -0.25) is 14.5 Å². The van der Waals surface area contributed by atoms with Gasteiger partial charge >= 0.3 is 0 Å². The fourth-order valence-electron chi connectivity index (χ4n) is 5.03. The fourth-order valence-corrected chi connectivity index (χ4v) is 5.03. The molecule has 2 aromatic carbocycles. The van der Waals surface area contributed by atoms with E-state index in [-0.39, 0.29) is 34.8 Å². The summed E-state index contributed by atoms with van der Waals surface area (Å²) >= 11 is 0. The van der Waals surface area contributed by atoms with Crippen LogP contribution in [0.4, 0.5) is 0 Å². The highest BCUT2D eigenvalue weighted by molar-refractivity contribution is 5.93. The lowest BCUT2D eigenvalue weighted by atomic mass is 9.94. The second kappa shape index (κ2) is 12.9. The van der Waals surface area contributed by atoms with Crippen LogP contribution >= 0.6 is 0 Å². The van der Waals surface area contributed by atoms with Gasteiger partial charge in [0.1, 0.15) is 11.5 Å². The minimum absolute atomic E-state index is 0.00000970. The first-order valence-electron chi connectivity index (χ1n) is 13.6. The Kier molecular flexibility index (Phi) is 9.37. The summed E-state index contributed by atoms with van der Waals surface area (Å²) in [6, 6.07) is 10.8. The van der Waals surface area contributed by atoms with E-state index < -0.39 is 0 Å². The van der Waals surface area contributed by atoms with Crippen molar-refractivity contribution < 1.29 is 24.3 Å². The summed E-state index contributed by atoms with van der Waals surface area (Å²) in [5.41, 5.74) is 9.03. The van der Waals surface area contributed by atoms with Crippen LogP contribution < -0.4 is 5.73 Å². The molecule has 39 heavy (non-hydrogen) atoms. The number of carbonyl (C=O) groups excluding carboxylic acids is 2. The smallest absolute Gasteiger partial charge is 0.222 e. The molecule has 1 aromatic heterocycles. The van der Waals surface area contributed by atoms with Gasteiger partial charge in [0.2, 0.25) is 5.91 Å². The van der Waals surface area contributed by atoms with E-state index in [1.54, 1.807) is 6.07 Å². The third-order valence-electron chi connectivity index (χ3n) is 7.31. The summed E-state index contributed by atoms with van der Waals surface area (Å²) in [6.07, 6.45) is 4.09. The predicted octanol–water partition coefficient (Wildman–Crippen LogP) is 4.52. The van der Waals surface area contributed by atoms with Crippen LogP contribution in [0.5, 0.6) is 11.5 Å². The number of carbonyl (C=O) groups is 2. The molecule has 3 aromatic rings. The molecule has 1 amide bonds. The lowest BCUT2D eigenvalue weighted by Crippen LogP contribution is -2.48. The monoisotopic (exact) mass is 534 g/mol. The summed E-state index contributed by atoms with van der Waals surface area (Å²) < 4.78 is 5.53. The maximum atomic E-state index is 12.5. The number of phenolic OH excluding ortho intramolecular Hbond substituents is 2. The first kappa shape index (κ1) is 28.3. The maximum absolute atomic E-state index is 12.5. The third-order valence-corrected chi connectivity index (χ3v) is 7.31. The second-order valence-electron chi connectivity index (χ2n) is 10.4. The Hall–Kier alpha value is -3.69. The van der Waals surface area contributed by atoms with Crippen molar-refractivity contribution in [3.8, 4) is 33.9 Å². The number of unbranched alkanes of at least 4 members (excludes halogenated alkanes) is 2. The molecule has 1 fully saturated rings. The Morgan fingerprint density at radius 1 is 1.05 bits per heavy atom. The SMILES string of the molecule is CC(C)c1cc(-c2onc(C=O)c2-c2ccc(CN3CCN(C(=O)CCCCCN)CC3)cc2)c(O)cc1O. The number of aldehydes is 1. The molecule has 0 bridgehead atoms. The van der Waals surface area contributed by atoms with Crippen LogP contribution in [0.25, 0.3) is 22.5 Å². The highest BCUT2D eigenvalue weighted by Gasteiger charge is 2.24. The summed E-state index contributed by atoms with van der Waals surface area (Å²) in [6.45, 7) is 8.41. The summed E-state index contributed by atoms with van der Waals surface area (Å²) in [7, 11) is 0. The highest BCUT2D eigenvalue weighted by atomic mass is 16.5. The maximum Gasteiger partial charge on any atom is 0.222 e. The topological polar surface area (TPSA) is 133 Å². The normalized spacial score (nSPS) is 14.2. The van der Waals surface area contributed by atoms with Crippen molar-refractivity contribution >= 4 is 12.2 Å². The van der Waals surface area contributed by atoms with Crippen molar-refractivity contribution in [2.75, 3.05) is 32.7 Å². The van der Waals surface area contributed by atoms with Crippen molar-refractivity contribution in [1.82, 2.24) is 15.0 Å². The Balaban J connectivity index is 1.45. The molecule has 0 unspecified atom stereocenters. The largest absolute Gasteiger partial charge is 0.508 e. The molecule has 4 N–H and O–H groups in total. The molecule has 0 aliphatic carbocycles. The van der Waals surface area contributed by atoms with Crippen LogP contribution in [0.3, 0.4) is 0 Å². The minimum Gasteiger partial charge on any atom is -0.508 e. The van der Waals surface area contributed by atoms with Gasteiger partial charge in [0, 0.05) is 45.2 Å². The molecule has 2 heterocycles. The van der Waals surface area contributed by atoms with E-state index in [2.05, 4.69) is 10.1 Å². The minimum atomic E-state index is -0.156. The van der Waals surface area contributed by atoms with Gasteiger partial charge in [0.05, 0.1) is 11.1 Å². The number of nitrogens with zero attached hydrogens (tertiary/aromatic N) is 3. The quantitative estimate of drug-likeness (QED) is 0.242. The van der Waals surface area contributed by atoms with Gasteiger partial charge in [-0.2, -0.15) is 0 Å². The van der Waals surface area contributed by atoms with E-state index in [4.69, 9.17) is 10.3 Å². The average Bonchev–Trinajstić information content (AvgIpc) is 3.35. The molecule has 0 radical (unpaired) electrons. The van der Waals surface area contributed by atoms with Crippen LogP contribution in [-0.4, -0.2) is 70.1 Å². The molecular formula is C30H38N4O5. The molecule has 9 heteroatoms. The van der Waals surface area contributed by atoms with Gasteiger partial charge in [-0.05, 0) is 48.1 Å². The Bertz CT molecular complexity index is 1280. The van der Waals surface area contributed by atoms with Gasteiger partial charge in [0.25, 0.3) is 0 Å². The number of rotatable bonds is 11. The molecule has 4 rings (SSSR count). The molecule has 1 saturated heterocycles. The van der Waals surface area contributed by atoms with E-state index >= 15 is 0 Å². The molecule has 0 atom stereocenters. The van der Waals surface area contributed by atoms with Crippen molar-refractivity contribution in [2.24, 2.45) is 5.73 Å². The van der Waals surface area contributed by atoms with Gasteiger partial charge in [-0.25, -0.2) is 0 Å². The lowest BCUT2D eigenvalue weighted by Gasteiger charge is -2.35. The third kappa shape index (κ3) is 6.66. The van der Waals surface area contributed by atoms with E-state index in [1.165, 1.54) is 6.07 Å². The van der Waals surface area contributed by atoms with Gasteiger partial charge in [-0.15, -0.1) is 0 Å². The van der Waals surface area contributed by atoms with Crippen LogP contribution in [0.15, 0.2) is 40.9 Å². The fraction of sp³-hybridized carbons (Fsp3) is 0.433. The van der Waals surface area contributed by atoms with Crippen molar-refractivity contribution in [3.63, 3.8) is 0 Å². The van der Waals surface area contributed by atoms with Gasteiger partial charge in [0.15, 0.2) is 17.7 Å². The van der Waals surface area contributed by atoms with Crippen LogP contribution in [-0.2, 0) is 11.3 Å². The average molecular weight is 535 g/mol. The van der Waals surface area contributed by atoms with Gasteiger partial charge in [-0.1, -0.05) is 49.7 Å². The number of hydrogen-bond donors (Lipinski definition) is 3. The number of hydrogen-bond acceptors (Lipinski definition) is 8. The number of aromatic nitrogens is 1. The van der Waals surface area contributed by atoms with Gasteiger partial charge < -0.3 is 25.4 Å². The van der Waals surface area contributed by atoms with Crippen LogP contribution in [0.1, 0.15) is 67.1 Å². The first-order chi connectivity index (χ1) is 18.8. The number of phenols is 2. The number of benzene rings is 2. The summed E-state index contributed by atoms with van der Waals surface area (Å²) in [4.78, 5) is 28.5. The van der Waals surface area contributed by atoms with Crippen molar-refractivity contribution in [1.29, 1.82) is 0 Å². The predicted molar refractivity (Wildman–Crippen MR) is 150 cm³/mol. The lowest BCUT2D eigenvalue weighted by molar-refractivity contribution is -0.133. The molecule has 1 aliphatic heterocycles. The molecule has 0 spiro atoms. The highest BCUT2D eigenvalue weighted by Crippen LogP contribution is 2.42. The zero-order valence-corrected chi connectivity index (χ0v) is 22.7. The zero-order chi connectivity index (χ0) is 27.9. The van der Waals surface area contributed by atoms with E-state index in [0.717, 1.165) is 63.1 Å². The van der Waals surface area contributed by atoms with E-state index in [9.17, 15) is 19.8 Å². The second-order valence-corrected chi connectivity index (χ2v) is 10.4.